The Morgan fingerprint density at radius 2 is 2.08 bits per heavy atom. The first-order valence-electron chi connectivity index (χ1n) is 9.25. The Morgan fingerprint density at radius 1 is 1.23 bits per heavy atom. The number of nitrogens with zero attached hydrogens (tertiary/aromatic N) is 2. The van der Waals surface area contributed by atoms with Gasteiger partial charge in [0.25, 0.3) is 0 Å². The van der Waals surface area contributed by atoms with Crippen LogP contribution in [0.5, 0.6) is 5.75 Å². The normalized spacial score (nSPS) is 22.5. The van der Waals surface area contributed by atoms with Gasteiger partial charge in [0, 0.05) is 37.7 Å². The van der Waals surface area contributed by atoms with E-state index in [9.17, 15) is 0 Å². The molecule has 136 valence electrons. The molecule has 4 nitrogen and oxygen atoms in total. The van der Waals surface area contributed by atoms with E-state index >= 15 is 0 Å². The van der Waals surface area contributed by atoms with E-state index in [4.69, 9.17) is 16.3 Å². The molecule has 2 aromatic carbocycles. The first-order chi connectivity index (χ1) is 12.7. The predicted octanol–water partition coefficient (Wildman–Crippen LogP) is 4.26. The van der Waals surface area contributed by atoms with Gasteiger partial charge in [-0.1, -0.05) is 48.0 Å². The minimum Gasteiger partial charge on any atom is -0.492 e. The lowest BCUT2D eigenvalue weighted by Gasteiger charge is -2.33. The average molecular weight is 370 g/mol. The van der Waals surface area contributed by atoms with E-state index in [0.717, 1.165) is 31.8 Å². The summed E-state index contributed by atoms with van der Waals surface area (Å²) in [6.07, 6.45) is 1.02. The Morgan fingerprint density at radius 3 is 2.85 bits per heavy atom. The van der Waals surface area contributed by atoms with Gasteiger partial charge in [0.15, 0.2) is 0 Å². The van der Waals surface area contributed by atoms with Crippen molar-refractivity contribution in [2.75, 3.05) is 19.7 Å². The fraction of sp³-hybridized carbons (Fsp3) is 0.381. The lowest BCUT2D eigenvalue weighted by molar-refractivity contribution is 0.220. The highest BCUT2D eigenvalue weighted by atomic mass is 35.5. The Kier molecular flexibility index (Phi) is 5.14. The van der Waals surface area contributed by atoms with Gasteiger partial charge in [0.2, 0.25) is 0 Å². The van der Waals surface area contributed by atoms with Gasteiger partial charge in [-0.25, -0.2) is 0 Å². The fourth-order valence-corrected chi connectivity index (χ4v) is 4.13. The van der Waals surface area contributed by atoms with E-state index in [1.807, 2.05) is 19.1 Å². The molecule has 2 aromatic rings. The number of rotatable bonds is 5. The van der Waals surface area contributed by atoms with Crippen molar-refractivity contribution in [2.24, 2.45) is 11.0 Å². The molecule has 0 aliphatic carbocycles. The number of benzene rings is 2. The van der Waals surface area contributed by atoms with Crippen molar-refractivity contribution in [1.29, 1.82) is 0 Å². The van der Waals surface area contributed by atoms with E-state index in [1.165, 1.54) is 16.8 Å². The lowest BCUT2D eigenvalue weighted by atomic mass is 9.86. The maximum Gasteiger partial charge on any atom is 0.137 e. The average Bonchev–Trinajstić information content (AvgIpc) is 3.08. The van der Waals surface area contributed by atoms with Gasteiger partial charge in [-0.15, -0.1) is 0 Å². The zero-order valence-corrected chi connectivity index (χ0v) is 15.7. The van der Waals surface area contributed by atoms with Crippen molar-refractivity contribution in [3.05, 3.63) is 64.7 Å². The maximum absolute atomic E-state index is 6.40. The van der Waals surface area contributed by atoms with Gasteiger partial charge >= 0.3 is 0 Å². The minimum atomic E-state index is 0.178. The smallest absolute Gasteiger partial charge is 0.137 e. The molecule has 0 amide bonds. The van der Waals surface area contributed by atoms with Crippen LogP contribution in [0.3, 0.4) is 0 Å². The highest BCUT2D eigenvalue weighted by Gasteiger charge is 2.37. The van der Waals surface area contributed by atoms with Crippen molar-refractivity contribution in [2.45, 2.75) is 25.9 Å². The molecule has 2 unspecified atom stereocenters. The first kappa shape index (κ1) is 17.4. The van der Waals surface area contributed by atoms with Gasteiger partial charge in [-0.2, -0.15) is 5.10 Å². The molecule has 0 aromatic heterocycles. The third kappa shape index (κ3) is 3.57. The van der Waals surface area contributed by atoms with Crippen LogP contribution < -0.4 is 10.2 Å². The summed E-state index contributed by atoms with van der Waals surface area (Å²) >= 11 is 6.40. The summed E-state index contributed by atoms with van der Waals surface area (Å²) in [6.45, 7) is 5.64. The van der Waals surface area contributed by atoms with Gasteiger partial charge < -0.3 is 10.2 Å². The fourth-order valence-electron chi connectivity index (χ4n) is 3.89. The van der Waals surface area contributed by atoms with E-state index in [1.54, 1.807) is 0 Å². The third-order valence-corrected chi connectivity index (χ3v) is 5.48. The second-order valence-electron chi connectivity index (χ2n) is 6.91. The predicted molar refractivity (Wildman–Crippen MR) is 106 cm³/mol. The molecule has 1 saturated heterocycles. The topological polar surface area (TPSA) is 36.9 Å². The van der Waals surface area contributed by atoms with E-state index in [0.29, 0.717) is 17.5 Å². The summed E-state index contributed by atoms with van der Waals surface area (Å²) in [4.78, 5) is 2.52. The number of ether oxygens (including phenoxy) is 1. The van der Waals surface area contributed by atoms with Gasteiger partial charge in [0.1, 0.15) is 5.75 Å². The molecule has 2 heterocycles. The van der Waals surface area contributed by atoms with E-state index in [2.05, 4.69) is 51.8 Å². The molecule has 0 radical (unpaired) electrons. The highest BCUT2D eigenvalue weighted by molar-refractivity contribution is 6.32. The number of nitrogens with one attached hydrogen (secondary N) is 1. The molecule has 26 heavy (non-hydrogen) atoms. The largest absolute Gasteiger partial charge is 0.492 e. The third-order valence-electron chi connectivity index (χ3n) is 5.18. The number of hydrogen-bond donors (Lipinski definition) is 1. The van der Waals surface area contributed by atoms with Crippen LogP contribution in [0.25, 0.3) is 0 Å². The Bertz CT molecular complexity index is 793. The van der Waals surface area contributed by atoms with Crippen LogP contribution in [-0.4, -0.2) is 30.3 Å². The quantitative estimate of drug-likeness (QED) is 0.855. The molecule has 2 atom stereocenters. The van der Waals surface area contributed by atoms with Crippen LogP contribution in [0.15, 0.2) is 53.6 Å². The second kappa shape index (κ2) is 7.68. The van der Waals surface area contributed by atoms with E-state index < -0.39 is 0 Å². The van der Waals surface area contributed by atoms with Crippen molar-refractivity contribution in [1.82, 2.24) is 10.3 Å². The molecule has 0 spiro atoms. The van der Waals surface area contributed by atoms with Gasteiger partial charge in [-0.3, -0.25) is 4.90 Å². The van der Waals surface area contributed by atoms with Crippen molar-refractivity contribution >= 4 is 17.3 Å². The lowest BCUT2D eigenvalue weighted by Crippen LogP contribution is -2.41. The van der Waals surface area contributed by atoms with Gasteiger partial charge in [0.05, 0.1) is 17.7 Å². The number of likely N-dealkylation sites (tertiary alicyclic amines) is 1. The molecule has 1 fully saturated rings. The molecular weight excluding hydrogens is 346 g/mol. The summed E-state index contributed by atoms with van der Waals surface area (Å²) in [7, 11) is 0. The Hall–Kier alpha value is -2.04. The molecule has 1 N–H and O–H groups in total. The molecule has 5 heteroatoms. The van der Waals surface area contributed by atoms with E-state index in [-0.39, 0.29) is 6.04 Å². The molecule has 0 saturated carbocycles. The maximum atomic E-state index is 6.40. The summed E-state index contributed by atoms with van der Waals surface area (Å²) in [5.41, 5.74) is 7.15. The Labute approximate surface area is 159 Å². The molecule has 2 aliphatic rings. The zero-order valence-electron chi connectivity index (χ0n) is 15.0. The van der Waals surface area contributed by atoms with Crippen molar-refractivity contribution < 1.29 is 4.74 Å². The highest BCUT2D eigenvalue weighted by Crippen LogP contribution is 2.36. The van der Waals surface area contributed by atoms with Crippen LogP contribution in [0.1, 0.15) is 30.5 Å². The SMILES string of the molecule is CCOc1ccc(C2NN=C3CCN(Cc4ccccc4)CC32)cc1Cl. The number of halogens is 1. The summed E-state index contributed by atoms with van der Waals surface area (Å²) in [5, 5.41) is 5.27. The second-order valence-corrected chi connectivity index (χ2v) is 7.32. The zero-order chi connectivity index (χ0) is 17.9. The van der Waals surface area contributed by atoms with Crippen LogP contribution in [0.4, 0.5) is 0 Å². The molecule has 4 rings (SSSR count). The number of piperidine rings is 1. The number of fused-ring (bicyclic) bond motifs is 1. The number of hydrazone groups is 1. The van der Waals surface area contributed by atoms with Gasteiger partial charge in [-0.05, 0) is 30.2 Å². The Balaban J connectivity index is 1.48. The molecule has 2 aliphatic heterocycles. The monoisotopic (exact) mass is 369 g/mol. The van der Waals surface area contributed by atoms with Crippen LogP contribution in [0.2, 0.25) is 5.02 Å². The number of hydrogen-bond acceptors (Lipinski definition) is 4. The molecular formula is C21H24ClN3O. The minimum absolute atomic E-state index is 0.178. The van der Waals surface area contributed by atoms with Crippen molar-refractivity contribution in [3.63, 3.8) is 0 Å². The standard InChI is InChI=1S/C21H24ClN3O/c1-2-26-20-9-8-16(12-18(20)22)21-17-14-25(11-10-19(17)23-24-21)13-15-6-4-3-5-7-15/h3-9,12,17,21,24H,2,10-11,13-14H2,1H3. The van der Waals surface area contributed by atoms with Crippen LogP contribution in [-0.2, 0) is 6.54 Å². The summed E-state index contributed by atoms with van der Waals surface area (Å²) in [6, 6.07) is 16.9. The van der Waals surface area contributed by atoms with Crippen molar-refractivity contribution in [3.8, 4) is 5.75 Å². The van der Waals surface area contributed by atoms with Crippen LogP contribution in [0, 0.1) is 5.92 Å². The molecule has 0 bridgehead atoms. The summed E-state index contributed by atoms with van der Waals surface area (Å²) < 4.78 is 5.56. The summed E-state index contributed by atoms with van der Waals surface area (Å²) in [5.74, 6) is 1.13. The first-order valence-corrected chi connectivity index (χ1v) is 9.63. The van der Waals surface area contributed by atoms with Crippen LogP contribution >= 0.6 is 11.6 Å².